The third-order valence-corrected chi connectivity index (χ3v) is 7.54. The Bertz CT molecular complexity index is 1500. The van der Waals surface area contributed by atoms with E-state index in [1.807, 2.05) is 59.6 Å². The molecule has 2 aliphatic heterocycles. The van der Waals surface area contributed by atoms with Gasteiger partial charge in [0.1, 0.15) is 5.75 Å². The number of nitrogens with zero attached hydrogens (tertiary/aromatic N) is 4. The molecule has 4 aromatic rings. The lowest BCUT2D eigenvalue weighted by Gasteiger charge is -2.32. The quantitative estimate of drug-likeness (QED) is 0.363. The summed E-state index contributed by atoms with van der Waals surface area (Å²) in [5, 5.41) is 1.56. The van der Waals surface area contributed by atoms with E-state index in [1.165, 1.54) is 0 Å². The van der Waals surface area contributed by atoms with Gasteiger partial charge >= 0.3 is 0 Å². The van der Waals surface area contributed by atoms with Gasteiger partial charge in [-0.25, -0.2) is 0 Å². The molecule has 0 aliphatic carbocycles. The number of hydrogen-bond donors (Lipinski definition) is 0. The fourth-order valence-electron chi connectivity index (χ4n) is 5.41. The lowest BCUT2D eigenvalue weighted by molar-refractivity contribution is 0.0302. The number of carbonyl (C=O) groups is 1. The topological polar surface area (TPSA) is 67.8 Å². The third-order valence-electron chi connectivity index (χ3n) is 7.31. The highest BCUT2D eigenvalue weighted by Gasteiger charge is 2.29. The van der Waals surface area contributed by atoms with Crippen molar-refractivity contribution in [2.75, 3.05) is 40.0 Å². The van der Waals surface area contributed by atoms with Crippen LogP contribution in [0.2, 0.25) is 5.02 Å². The van der Waals surface area contributed by atoms with Crippen LogP contribution in [-0.4, -0.2) is 65.6 Å². The average Bonchev–Trinajstić information content (AvgIpc) is 2.96. The minimum absolute atomic E-state index is 0.0734. The SMILES string of the molecule is COc1ccc(Cl)cc1-c1cc(CN2CCc3nc4ccccc4c(C(=O)N4CCOCC4)c3C2)ccn1. The van der Waals surface area contributed by atoms with Crippen LogP contribution in [0.15, 0.2) is 60.8 Å². The maximum atomic E-state index is 13.8. The molecule has 1 saturated heterocycles. The number of fused-ring (bicyclic) bond motifs is 2. The van der Waals surface area contributed by atoms with E-state index in [4.69, 9.17) is 26.1 Å². The third kappa shape index (κ3) is 4.85. The Morgan fingerprint density at radius 1 is 1.08 bits per heavy atom. The number of halogens is 1. The van der Waals surface area contributed by atoms with E-state index in [1.54, 1.807) is 7.11 Å². The second-order valence-corrected chi connectivity index (χ2v) is 10.1. The number of carbonyl (C=O) groups excluding carboxylic acids is 1. The second kappa shape index (κ2) is 10.7. The molecule has 0 radical (unpaired) electrons. The first kappa shape index (κ1) is 24.8. The van der Waals surface area contributed by atoms with E-state index >= 15 is 0 Å². The van der Waals surface area contributed by atoms with Crippen molar-refractivity contribution in [3.63, 3.8) is 0 Å². The van der Waals surface area contributed by atoms with Crippen LogP contribution in [0.1, 0.15) is 27.2 Å². The van der Waals surface area contributed by atoms with E-state index in [0.717, 1.165) is 69.8 Å². The molecule has 1 fully saturated rings. The van der Waals surface area contributed by atoms with Gasteiger partial charge in [0.2, 0.25) is 0 Å². The summed E-state index contributed by atoms with van der Waals surface area (Å²) in [6, 6.07) is 17.7. The summed E-state index contributed by atoms with van der Waals surface area (Å²) in [6.45, 7) is 4.63. The molecule has 0 saturated carbocycles. The van der Waals surface area contributed by atoms with Gasteiger partial charge in [-0.05, 0) is 42.0 Å². The van der Waals surface area contributed by atoms with Crippen LogP contribution < -0.4 is 4.74 Å². The zero-order valence-electron chi connectivity index (χ0n) is 21.3. The minimum Gasteiger partial charge on any atom is -0.496 e. The number of aromatic nitrogens is 2. The van der Waals surface area contributed by atoms with Crippen molar-refractivity contribution >= 4 is 28.4 Å². The van der Waals surface area contributed by atoms with Crippen LogP contribution in [0, 0.1) is 0 Å². The summed E-state index contributed by atoms with van der Waals surface area (Å²) < 4.78 is 11.0. The maximum absolute atomic E-state index is 13.8. The van der Waals surface area contributed by atoms with Crippen molar-refractivity contribution in [2.45, 2.75) is 19.5 Å². The number of hydrogen-bond acceptors (Lipinski definition) is 6. The Balaban J connectivity index is 1.32. The molecule has 0 unspecified atom stereocenters. The first-order valence-electron chi connectivity index (χ1n) is 12.9. The number of para-hydroxylation sites is 1. The molecule has 0 bridgehead atoms. The largest absolute Gasteiger partial charge is 0.496 e. The van der Waals surface area contributed by atoms with Crippen LogP contribution in [0.4, 0.5) is 0 Å². The summed E-state index contributed by atoms with van der Waals surface area (Å²) in [7, 11) is 1.65. The molecule has 7 nitrogen and oxygen atoms in total. The number of benzene rings is 2. The molecule has 2 aromatic carbocycles. The minimum atomic E-state index is 0.0734. The molecule has 2 aromatic heterocycles. The summed E-state index contributed by atoms with van der Waals surface area (Å²) in [4.78, 5) is 27.7. The average molecular weight is 529 g/mol. The van der Waals surface area contributed by atoms with Gasteiger partial charge in [-0.2, -0.15) is 0 Å². The summed E-state index contributed by atoms with van der Waals surface area (Å²) in [5.74, 6) is 0.805. The normalized spacial score (nSPS) is 15.9. The molecule has 194 valence electrons. The molecule has 0 spiro atoms. The number of methoxy groups -OCH3 is 1. The predicted molar refractivity (Wildman–Crippen MR) is 148 cm³/mol. The Labute approximate surface area is 227 Å². The summed E-state index contributed by atoms with van der Waals surface area (Å²) in [5.41, 5.74) is 6.54. The second-order valence-electron chi connectivity index (χ2n) is 9.69. The van der Waals surface area contributed by atoms with Crippen molar-refractivity contribution in [1.82, 2.24) is 19.8 Å². The summed E-state index contributed by atoms with van der Waals surface area (Å²) in [6.07, 6.45) is 2.62. The molecular weight excluding hydrogens is 500 g/mol. The van der Waals surface area contributed by atoms with E-state index in [2.05, 4.69) is 16.0 Å². The Hall–Kier alpha value is -3.52. The van der Waals surface area contributed by atoms with Gasteiger partial charge in [-0.15, -0.1) is 0 Å². The van der Waals surface area contributed by atoms with Gasteiger partial charge in [0.15, 0.2) is 0 Å². The van der Waals surface area contributed by atoms with Crippen molar-refractivity contribution in [1.29, 1.82) is 0 Å². The zero-order valence-corrected chi connectivity index (χ0v) is 22.1. The number of rotatable bonds is 5. The number of ether oxygens (including phenoxy) is 2. The van der Waals surface area contributed by atoms with E-state index in [9.17, 15) is 4.79 Å². The predicted octanol–water partition coefficient (Wildman–Crippen LogP) is 4.99. The van der Waals surface area contributed by atoms with Gasteiger partial charge in [0.25, 0.3) is 5.91 Å². The standard InChI is InChI=1S/C30H29ClN4O3/c1-37-28-7-6-21(31)17-23(28)27-16-20(8-10-32-27)18-34-11-9-26-24(19-34)29(22-4-2-3-5-25(22)33-26)30(36)35-12-14-38-15-13-35/h2-8,10,16-17H,9,11-15,18-19H2,1H3. The fraction of sp³-hybridized carbons (Fsp3) is 0.300. The van der Waals surface area contributed by atoms with Crippen LogP contribution in [0.5, 0.6) is 5.75 Å². The van der Waals surface area contributed by atoms with E-state index in [-0.39, 0.29) is 5.91 Å². The van der Waals surface area contributed by atoms with Crippen LogP contribution in [0.25, 0.3) is 22.2 Å². The van der Waals surface area contributed by atoms with Gasteiger partial charge in [-0.3, -0.25) is 19.7 Å². The molecule has 4 heterocycles. The van der Waals surface area contributed by atoms with Gasteiger partial charge in [-0.1, -0.05) is 29.8 Å². The smallest absolute Gasteiger partial charge is 0.255 e. The Morgan fingerprint density at radius 2 is 1.92 bits per heavy atom. The molecule has 38 heavy (non-hydrogen) atoms. The van der Waals surface area contributed by atoms with Gasteiger partial charge in [0, 0.05) is 72.6 Å². The van der Waals surface area contributed by atoms with E-state index in [0.29, 0.717) is 37.9 Å². The highest BCUT2D eigenvalue weighted by molar-refractivity contribution is 6.31. The van der Waals surface area contributed by atoms with Crippen molar-refractivity contribution < 1.29 is 14.3 Å². The van der Waals surface area contributed by atoms with Crippen LogP contribution in [-0.2, 0) is 24.2 Å². The van der Waals surface area contributed by atoms with E-state index < -0.39 is 0 Å². The molecular formula is C30H29ClN4O3. The van der Waals surface area contributed by atoms with Crippen LogP contribution >= 0.6 is 11.6 Å². The molecule has 0 N–H and O–H groups in total. The van der Waals surface area contributed by atoms with Gasteiger partial charge in [0.05, 0.1) is 37.1 Å². The molecule has 8 heteroatoms. The number of morpholine rings is 1. The molecule has 1 amide bonds. The zero-order chi connectivity index (χ0) is 26.1. The number of pyridine rings is 2. The van der Waals surface area contributed by atoms with Crippen molar-refractivity contribution in [3.05, 3.63) is 88.2 Å². The summed E-state index contributed by atoms with van der Waals surface area (Å²) >= 11 is 6.27. The van der Waals surface area contributed by atoms with Crippen molar-refractivity contribution in [3.8, 4) is 17.0 Å². The van der Waals surface area contributed by atoms with Gasteiger partial charge < -0.3 is 14.4 Å². The maximum Gasteiger partial charge on any atom is 0.255 e. The monoisotopic (exact) mass is 528 g/mol. The van der Waals surface area contributed by atoms with Crippen LogP contribution in [0.3, 0.4) is 0 Å². The Morgan fingerprint density at radius 3 is 2.76 bits per heavy atom. The molecule has 2 aliphatic rings. The highest BCUT2D eigenvalue weighted by Crippen LogP contribution is 2.33. The fourth-order valence-corrected chi connectivity index (χ4v) is 5.58. The Kier molecular flexibility index (Phi) is 6.98. The first-order chi connectivity index (χ1) is 18.6. The first-order valence-corrected chi connectivity index (χ1v) is 13.3. The lowest BCUT2D eigenvalue weighted by Crippen LogP contribution is -2.42. The molecule has 6 rings (SSSR count). The molecule has 0 atom stereocenters. The lowest BCUT2D eigenvalue weighted by atomic mass is 9.94. The number of amides is 1. The highest BCUT2D eigenvalue weighted by atomic mass is 35.5. The van der Waals surface area contributed by atoms with Crippen molar-refractivity contribution in [2.24, 2.45) is 0 Å².